The number of amides is 1. The van der Waals surface area contributed by atoms with E-state index in [4.69, 9.17) is 0 Å². The van der Waals surface area contributed by atoms with Crippen molar-refractivity contribution in [2.45, 2.75) is 52.1 Å². The van der Waals surface area contributed by atoms with Crippen LogP contribution in [0.4, 0.5) is 5.69 Å². The number of likely N-dealkylation sites (tertiary alicyclic amines) is 1. The summed E-state index contributed by atoms with van der Waals surface area (Å²) in [5.74, 6) is 1.05. The van der Waals surface area contributed by atoms with E-state index in [0.717, 1.165) is 43.8 Å². The van der Waals surface area contributed by atoms with Crippen LogP contribution in [-0.2, 0) is 4.79 Å². The molecular weight excluding hydrogens is 388 g/mol. The fourth-order valence-electron chi connectivity index (χ4n) is 4.84. The molecule has 0 aliphatic carbocycles. The van der Waals surface area contributed by atoms with Crippen molar-refractivity contribution >= 4 is 22.6 Å². The molecule has 2 fully saturated rings. The molecule has 164 valence electrons. The van der Waals surface area contributed by atoms with Crippen molar-refractivity contribution in [2.75, 3.05) is 31.1 Å². The monoisotopic (exact) mass is 420 g/mol. The van der Waals surface area contributed by atoms with E-state index in [0.29, 0.717) is 29.3 Å². The van der Waals surface area contributed by atoms with Crippen LogP contribution in [-0.4, -0.2) is 58.5 Å². The van der Waals surface area contributed by atoms with Gasteiger partial charge < -0.3 is 10.2 Å². The first kappa shape index (κ1) is 21.5. The molecule has 0 saturated carbocycles. The summed E-state index contributed by atoms with van der Waals surface area (Å²) in [5, 5.41) is 12.7. The van der Waals surface area contributed by atoms with Crippen molar-refractivity contribution in [1.29, 1.82) is 5.26 Å². The maximum absolute atomic E-state index is 12.7. The Morgan fingerprint density at radius 1 is 1.16 bits per heavy atom. The van der Waals surface area contributed by atoms with Gasteiger partial charge in [0.1, 0.15) is 17.1 Å². The molecule has 7 nitrogen and oxygen atoms in total. The number of hydrogen-bond acceptors (Lipinski definition) is 6. The number of rotatable bonds is 4. The molecule has 0 unspecified atom stereocenters. The highest BCUT2D eigenvalue weighted by molar-refractivity contribution is 5.92. The van der Waals surface area contributed by atoms with Crippen LogP contribution in [0.3, 0.4) is 0 Å². The van der Waals surface area contributed by atoms with Crippen LogP contribution in [0.1, 0.15) is 46.1 Å². The van der Waals surface area contributed by atoms with Crippen molar-refractivity contribution in [3.63, 3.8) is 0 Å². The first-order valence-corrected chi connectivity index (χ1v) is 11.2. The minimum atomic E-state index is 0.109. The molecule has 1 aromatic carbocycles. The zero-order valence-electron chi connectivity index (χ0n) is 18.9. The lowest BCUT2D eigenvalue weighted by Crippen LogP contribution is -2.57. The molecule has 2 atom stereocenters. The number of carbonyl (C=O) groups excluding carboxylic acids is 1. The van der Waals surface area contributed by atoms with Crippen molar-refractivity contribution < 1.29 is 4.79 Å². The molecule has 31 heavy (non-hydrogen) atoms. The van der Waals surface area contributed by atoms with Gasteiger partial charge in [-0.3, -0.25) is 19.7 Å². The van der Waals surface area contributed by atoms with Gasteiger partial charge in [0.2, 0.25) is 5.91 Å². The quantitative estimate of drug-likeness (QED) is 0.819. The minimum absolute atomic E-state index is 0.109. The molecule has 0 bridgehead atoms. The average Bonchev–Trinajstić information content (AvgIpc) is 2.68. The lowest BCUT2D eigenvalue weighted by Gasteiger charge is -2.47. The number of hydrogen-bond donors (Lipinski definition) is 1. The molecule has 7 heteroatoms. The third-order valence-electron chi connectivity index (χ3n) is 6.47. The molecule has 1 aromatic heterocycles. The van der Waals surface area contributed by atoms with Gasteiger partial charge in [0, 0.05) is 56.6 Å². The van der Waals surface area contributed by atoms with Crippen LogP contribution >= 0.6 is 0 Å². The van der Waals surface area contributed by atoms with E-state index in [1.54, 1.807) is 12.4 Å². The van der Waals surface area contributed by atoms with Crippen molar-refractivity contribution in [2.24, 2.45) is 11.8 Å². The zero-order valence-corrected chi connectivity index (χ0v) is 18.9. The van der Waals surface area contributed by atoms with Gasteiger partial charge in [-0.05, 0) is 51.2 Å². The number of piperidine rings is 1. The van der Waals surface area contributed by atoms with E-state index < -0.39 is 0 Å². The summed E-state index contributed by atoms with van der Waals surface area (Å²) in [5.41, 5.74) is 3.07. The Bertz CT molecular complexity index is 1000. The Labute approximate surface area is 184 Å². The highest BCUT2D eigenvalue weighted by Crippen LogP contribution is 2.31. The van der Waals surface area contributed by atoms with Gasteiger partial charge in [-0.25, -0.2) is 0 Å². The van der Waals surface area contributed by atoms with Gasteiger partial charge in [0.15, 0.2) is 0 Å². The number of nitrogens with zero attached hydrogens (tertiary/aromatic N) is 5. The van der Waals surface area contributed by atoms with Gasteiger partial charge in [-0.15, -0.1) is 0 Å². The van der Waals surface area contributed by atoms with Crippen LogP contribution < -0.4 is 10.2 Å². The highest BCUT2D eigenvalue weighted by Gasteiger charge is 2.36. The second-order valence-electron chi connectivity index (χ2n) is 10.2. The number of fused-ring (bicyclic) bond motifs is 1. The number of nitriles is 1. The van der Waals surface area contributed by atoms with E-state index >= 15 is 0 Å². The largest absolute Gasteiger partial charge is 0.367 e. The van der Waals surface area contributed by atoms with E-state index in [2.05, 4.69) is 58.8 Å². The van der Waals surface area contributed by atoms with E-state index in [9.17, 15) is 10.1 Å². The summed E-state index contributed by atoms with van der Waals surface area (Å²) in [6.07, 6.45) is 4.86. The van der Waals surface area contributed by atoms with Gasteiger partial charge in [0.25, 0.3) is 0 Å². The van der Waals surface area contributed by atoms with Crippen molar-refractivity contribution in [3.05, 3.63) is 30.1 Å². The molecule has 4 rings (SSSR count). The Morgan fingerprint density at radius 2 is 1.87 bits per heavy atom. The Kier molecular flexibility index (Phi) is 5.85. The maximum Gasteiger partial charge on any atom is 0.220 e. The Hall–Kier alpha value is -2.72. The van der Waals surface area contributed by atoms with Gasteiger partial charge in [-0.2, -0.15) is 5.26 Å². The number of carbonyl (C=O) groups is 1. The van der Waals surface area contributed by atoms with Gasteiger partial charge >= 0.3 is 0 Å². The van der Waals surface area contributed by atoms with Crippen LogP contribution in [0.2, 0.25) is 0 Å². The predicted molar refractivity (Wildman–Crippen MR) is 122 cm³/mol. The number of aromatic nitrogens is 2. The smallest absolute Gasteiger partial charge is 0.220 e. The highest BCUT2D eigenvalue weighted by atomic mass is 16.1. The van der Waals surface area contributed by atoms with Crippen LogP contribution in [0.25, 0.3) is 11.0 Å². The maximum atomic E-state index is 12.7. The number of benzene rings is 1. The number of nitrogens with one attached hydrogen (secondary N) is 1. The molecule has 0 spiro atoms. The summed E-state index contributed by atoms with van der Waals surface area (Å²) in [6, 6.07) is 6.09. The third kappa shape index (κ3) is 4.64. The van der Waals surface area contributed by atoms with Crippen LogP contribution in [0.5, 0.6) is 0 Å². The summed E-state index contributed by atoms with van der Waals surface area (Å²) >= 11 is 0. The molecule has 2 aliphatic heterocycles. The fraction of sp³-hybridized carbons (Fsp3) is 0.583. The minimum Gasteiger partial charge on any atom is -0.367 e. The van der Waals surface area contributed by atoms with E-state index in [-0.39, 0.29) is 17.5 Å². The predicted octanol–water partition coefficient (Wildman–Crippen LogP) is 2.95. The lowest BCUT2D eigenvalue weighted by molar-refractivity contribution is -0.125. The Balaban J connectivity index is 1.42. The second-order valence-corrected chi connectivity index (χ2v) is 10.2. The fourth-order valence-corrected chi connectivity index (χ4v) is 4.84. The molecule has 0 radical (unpaired) electrons. The zero-order chi connectivity index (χ0) is 22.2. The normalized spacial score (nSPS) is 22.7. The second kappa shape index (κ2) is 8.43. The molecule has 1 N–H and O–H groups in total. The van der Waals surface area contributed by atoms with Crippen molar-refractivity contribution in [3.8, 4) is 6.07 Å². The standard InChI is InChI=1S/C24H32N6O/c1-16-9-19(28-21(31)10-17-13-30(14-17)24(2,3)4)15-29(12-16)20-6-5-18(11-25)22-23(20)27-8-7-26-22/h5-8,16-17,19H,9-10,12-15H2,1-4H3,(H,28,31)/t16-,19+/m0/s1. The van der Waals surface area contributed by atoms with Crippen molar-refractivity contribution in [1.82, 2.24) is 20.2 Å². The Morgan fingerprint density at radius 3 is 2.55 bits per heavy atom. The average molecular weight is 421 g/mol. The molecule has 2 aromatic rings. The van der Waals surface area contributed by atoms with Gasteiger partial charge in [-0.1, -0.05) is 6.92 Å². The molecule has 3 heterocycles. The van der Waals surface area contributed by atoms with E-state index in [1.807, 2.05) is 12.1 Å². The first-order valence-electron chi connectivity index (χ1n) is 11.2. The van der Waals surface area contributed by atoms with Crippen LogP contribution in [0, 0.1) is 23.2 Å². The van der Waals surface area contributed by atoms with Crippen LogP contribution in [0.15, 0.2) is 24.5 Å². The lowest BCUT2D eigenvalue weighted by atomic mass is 9.89. The summed E-state index contributed by atoms with van der Waals surface area (Å²) in [6.45, 7) is 12.5. The summed E-state index contributed by atoms with van der Waals surface area (Å²) in [7, 11) is 0. The molecular formula is C24H32N6O. The topological polar surface area (TPSA) is 85.2 Å². The third-order valence-corrected chi connectivity index (χ3v) is 6.47. The number of anilines is 1. The SMILES string of the molecule is C[C@H]1C[C@@H](NC(=O)CC2CN(C(C)(C)C)C2)CN(c2ccc(C#N)c3nccnc23)C1. The summed E-state index contributed by atoms with van der Waals surface area (Å²) in [4.78, 5) is 26.3. The first-order chi connectivity index (χ1) is 14.7. The molecule has 2 aliphatic rings. The van der Waals surface area contributed by atoms with Gasteiger partial charge in [0.05, 0.1) is 11.3 Å². The van der Waals surface area contributed by atoms with E-state index in [1.165, 1.54) is 0 Å². The molecule has 1 amide bonds. The molecule has 2 saturated heterocycles. The summed E-state index contributed by atoms with van der Waals surface area (Å²) < 4.78 is 0.